The van der Waals surface area contributed by atoms with Crippen LogP contribution in [-0.2, 0) is 0 Å². The van der Waals surface area contributed by atoms with E-state index in [-0.39, 0.29) is 12.1 Å². The number of hydrogen-bond acceptors (Lipinski definition) is 5. The van der Waals surface area contributed by atoms with Crippen LogP contribution in [0, 0.1) is 18.6 Å². The van der Waals surface area contributed by atoms with Gasteiger partial charge in [-0.1, -0.05) is 0 Å². The predicted molar refractivity (Wildman–Crippen MR) is 91.1 cm³/mol. The van der Waals surface area contributed by atoms with Crippen LogP contribution in [0.2, 0.25) is 0 Å². The number of aryl methyl sites for hydroxylation is 1. The summed E-state index contributed by atoms with van der Waals surface area (Å²) in [5.74, 6) is -0.204. The van der Waals surface area contributed by atoms with Gasteiger partial charge in [0.25, 0.3) is 5.91 Å². The lowest BCUT2D eigenvalue weighted by Gasteiger charge is -2.09. The molecule has 7 nitrogen and oxygen atoms in total. The second-order valence-electron chi connectivity index (χ2n) is 5.41. The molecule has 0 radical (unpaired) electrons. The molecule has 3 aromatic rings. The topological polar surface area (TPSA) is 84.7 Å². The fourth-order valence-corrected chi connectivity index (χ4v) is 2.33. The van der Waals surface area contributed by atoms with Gasteiger partial charge in [0, 0.05) is 37.6 Å². The van der Waals surface area contributed by atoms with Crippen molar-refractivity contribution >= 4 is 11.7 Å². The zero-order valence-corrected chi connectivity index (χ0v) is 13.9. The van der Waals surface area contributed by atoms with E-state index < -0.39 is 17.5 Å². The second-order valence-corrected chi connectivity index (χ2v) is 5.41. The van der Waals surface area contributed by atoms with Crippen LogP contribution in [0.4, 0.5) is 14.6 Å². The van der Waals surface area contributed by atoms with Gasteiger partial charge in [0.05, 0.1) is 5.56 Å². The minimum Gasteiger partial charge on any atom is -0.368 e. The lowest BCUT2D eigenvalue weighted by atomic mass is 10.2. The van der Waals surface area contributed by atoms with Crippen LogP contribution in [0.25, 0.3) is 5.82 Å². The minimum absolute atomic E-state index is 0.202. The van der Waals surface area contributed by atoms with Crippen LogP contribution in [-0.4, -0.2) is 38.5 Å². The van der Waals surface area contributed by atoms with Gasteiger partial charge in [0.2, 0.25) is 0 Å². The number of carbonyl (C=O) groups is 1. The van der Waals surface area contributed by atoms with Crippen molar-refractivity contribution in [1.82, 2.24) is 24.8 Å². The maximum absolute atomic E-state index is 13.5. The molecule has 9 heteroatoms. The summed E-state index contributed by atoms with van der Waals surface area (Å²) in [6.45, 7) is 2.46. The summed E-state index contributed by atoms with van der Waals surface area (Å²) < 4.78 is 28.2. The molecule has 1 aromatic carbocycles. The first-order valence-corrected chi connectivity index (χ1v) is 7.84. The molecule has 0 saturated heterocycles. The van der Waals surface area contributed by atoms with Crippen molar-refractivity contribution in [2.24, 2.45) is 0 Å². The summed E-state index contributed by atoms with van der Waals surface area (Å²) in [6, 6.07) is 4.57. The molecule has 1 amide bonds. The molecule has 0 aliphatic heterocycles. The minimum atomic E-state index is -0.897. The van der Waals surface area contributed by atoms with Crippen LogP contribution in [0.5, 0.6) is 0 Å². The number of amides is 1. The lowest BCUT2D eigenvalue weighted by Crippen LogP contribution is -2.29. The Morgan fingerprint density at radius 2 is 2.00 bits per heavy atom. The molecule has 2 aromatic heterocycles. The van der Waals surface area contributed by atoms with Crippen molar-refractivity contribution in [3.63, 3.8) is 0 Å². The predicted octanol–water partition coefficient (Wildman–Crippen LogP) is 2.09. The molecule has 3 rings (SSSR count). The third-order valence-electron chi connectivity index (χ3n) is 3.62. The van der Waals surface area contributed by atoms with E-state index in [1.165, 1.54) is 6.33 Å². The number of hydrogen-bond donors (Lipinski definition) is 2. The number of benzene rings is 1. The second kappa shape index (κ2) is 7.68. The van der Waals surface area contributed by atoms with Gasteiger partial charge in [0.15, 0.2) is 0 Å². The smallest absolute Gasteiger partial charge is 0.254 e. The van der Waals surface area contributed by atoms with Crippen molar-refractivity contribution in [3.8, 4) is 5.82 Å². The van der Waals surface area contributed by atoms with Crippen molar-refractivity contribution in [3.05, 3.63) is 66.0 Å². The van der Waals surface area contributed by atoms with E-state index >= 15 is 0 Å². The highest BCUT2D eigenvalue weighted by molar-refractivity contribution is 5.94. The Kier molecular flexibility index (Phi) is 5.16. The molecule has 0 aliphatic carbocycles. The SMILES string of the molecule is Cc1nccn1-c1cc(NCCNC(=O)c2ccc(F)cc2F)ncn1. The molecule has 0 bridgehead atoms. The van der Waals surface area contributed by atoms with E-state index in [1.807, 2.05) is 11.5 Å². The largest absolute Gasteiger partial charge is 0.368 e. The molecule has 0 fully saturated rings. The van der Waals surface area contributed by atoms with Gasteiger partial charge < -0.3 is 10.6 Å². The Morgan fingerprint density at radius 3 is 2.73 bits per heavy atom. The summed E-state index contributed by atoms with van der Waals surface area (Å²) in [6.07, 6.45) is 4.89. The summed E-state index contributed by atoms with van der Waals surface area (Å²) in [5, 5.41) is 5.60. The monoisotopic (exact) mass is 358 g/mol. The highest BCUT2D eigenvalue weighted by atomic mass is 19.1. The summed E-state index contributed by atoms with van der Waals surface area (Å²) in [4.78, 5) is 24.3. The van der Waals surface area contributed by atoms with Gasteiger partial charge in [-0.3, -0.25) is 9.36 Å². The maximum atomic E-state index is 13.5. The summed E-state index contributed by atoms with van der Waals surface area (Å²) in [5.41, 5.74) is -0.202. The third-order valence-corrected chi connectivity index (χ3v) is 3.62. The number of halogens is 2. The van der Waals surface area contributed by atoms with Crippen molar-refractivity contribution < 1.29 is 13.6 Å². The van der Waals surface area contributed by atoms with Crippen LogP contribution in [0.3, 0.4) is 0 Å². The molecule has 0 atom stereocenters. The number of nitrogens with zero attached hydrogens (tertiary/aromatic N) is 4. The third kappa shape index (κ3) is 4.00. The maximum Gasteiger partial charge on any atom is 0.254 e. The normalized spacial score (nSPS) is 10.6. The van der Waals surface area contributed by atoms with Gasteiger partial charge in [-0.05, 0) is 19.1 Å². The van der Waals surface area contributed by atoms with E-state index in [2.05, 4.69) is 25.6 Å². The van der Waals surface area contributed by atoms with Crippen molar-refractivity contribution in [2.75, 3.05) is 18.4 Å². The Balaban J connectivity index is 1.54. The van der Waals surface area contributed by atoms with E-state index in [0.717, 1.165) is 18.0 Å². The number of imidazole rings is 1. The van der Waals surface area contributed by atoms with Gasteiger partial charge in [0.1, 0.15) is 35.4 Å². The molecular weight excluding hydrogens is 342 g/mol. The van der Waals surface area contributed by atoms with Gasteiger partial charge >= 0.3 is 0 Å². The van der Waals surface area contributed by atoms with E-state index in [0.29, 0.717) is 24.2 Å². The molecule has 26 heavy (non-hydrogen) atoms. The molecule has 0 unspecified atom stereocenters. The number of nitrogens with one attached hydrogen (secondary N) is 2. The Labute approximate surface area is 148 Å². The number of rotatable bonds is 6. The quantitative estimate of drug-likeness (QED) is 0.659. The first-order valence-electron chi connectivity index (χ1n) is 7.84. The average Bonchev–Trinajstić information content (AvgIpc) is 3.05. The van der Waals surface area contributed by atoms with Crippen LogP contribution < -0.4 is 10.6 Å². The van der Waals surface area contributed by atoms with Crippen molar-refractivity contribution in [2.45, 2.75) is 6.92 Å². The van der Waals surface area contributed by atoms with E-state index in [1.54, 1.807) is 18.5 Å². The molecule has 2 heterocycles. The van der Waals surface area contributed by atoms with Gasteiger partial charge in [-0.15, -0.1) is 0 Å². The molecule has 0 saturated carbocycles. The first kappa shape index (κ1) is 17.5. The Morgan fingerprint density at radius 1 is 1.15 bits per heavy atom. The first-order chi connectivity index (χ1) is 12.5. The zero-order chi connectivity index (χ0) is 18.5. The van der Waals surface area contributed by atoms with E-state index in [9.17, 15) is 13.6 Å². The highest BCUT2D eigenvalue weighted by Crippen LogP contribution is 2.11. The average molecular weight is 358 g/mol. The fraction of sp³-hybridized carbons (Fsp3) is 0.176. The summed E-state index contributed by atoms with van der Waals surface area (Å²) in [7, 11) is 0. The summed E-state index contributed by atoms with van der Waals surface area (Å²) >= 11 is 0. The fourth-order valence-electron chi connectivity index (χ4n) is 2.33. The zero-order valence-electron chi connectivity index (χ0n) is 13.9. The number of anilines is 1. The number of carbonyl (C=O) groups excluding carboxylic acids is 1. The Bertz CT molecular complexity index is 927. The molecular formula is C17H16F2N6O. The highest BCUT2D eigenvalue weighted by Gasteiger charge is 2.11. The van der Waals surface area contributed by atoms with Crippen LogP contribution >= 0.6 is 0 Å². The molecule has 2 N–H and O–H groups in total. The van der Waals surface area contributed by atoms with Gasteiger partial charge in [-0.25, -0.2) is 23.7 Å². The lowest BCUT2D eigenvalue weighted by molar-refractivity contribution is 0.0951. The van der Waals surface area contributed by atoms with Crippen LogP contribution in [0.15, 0.2) is 43.0 Å². The van der Waals surface area contributed by atoms with Gasteiger partial charge in [-0.2, -0.15) is 0 Å². The van der Waals surface area contributed by atoms with Crippen molar-refractivity contribution in [1.29, 1.82) is 0 Å². The molecule has 134 valence electrons. The Hall–Kier alpha value is -3.36. The number of aromatic nitrogens is 4. The standard InChI is InChI=1S/C17H16F2N6O/c1-11-20-6-7-25(11)16-9-15(23-10-24-16)21-4-5-22-17(26)13-3-2-12(18)8-14(13)19/h2-3,6-10H,4-5H2,1H3,(H,22,26)(H,21,23,24). The van der Waals surface area contributed by atoms with E-state index in [4.69, 9.17) is 0 Å². The van der Waals surface area contributed by atoms with Crippen LogP contribution in [0.1, 0.15) is 16.2 Å². The molecule has 0 aliphatic rings. The molecule has 0 spiro atoms.